The van der Waals surface area contributed by atoms with Gasteiger partial charge in [0.25, 0.3) is 0 Å². The van der Waals surface area contributed by atoms with Crippen molar-refractivity contribution in [2.45, 2.75) is 58.9 Å². The number of carboxylic acids is 1. The van der Waals surface area contributed by atoms with Crippen LogP contribution in [0.5, 0.6) is 0 Å². The Kier molecular flexibility index (Phi) is 7.92. The Balaban J connectivity index is 4.68. The molecule has 0 saturated heterocycles. The minimum absolute atomic E-state index is 0.00835. The number of hydrogen-bond donors (Lipinski definition) is 2. The number of rotatable bonds is 10. The number of amides is 1. The first kappa shape index (κ1) is 19.9. The average molecular weight is 321 g/mol. The number of carbonyl (C=O) groups excluding carboxylic acids is 1. The van der Waals surface area contributed by atoms with Gasteiger partial charge in [0.15, 0.2) is 9.84 Å². The van der Waals surface area contributed by atoms with Gasteiger partial charge in [0.05, 0.1) is 12.2 Å². The summed E-state index contributed by atoms with van der Waals surface area (Å²) >= 11 is 0. The van der Waals surface area contributed by atoms with E-state index in [4.69, 9.17) is 5.11 Å². The number of carbonyl (C=O) groups is 2. The molecule has 1 unspecified atom stereocenters. The maximum atomic E-state index is 11.9. The number of carboxylic acid groups (broad SMARTS) is 1. The van der Waals surface area contributed by atoms with Crippen molar-refractivity contribution in [3.63, 3.8) is 0 Å². The summed E-state index contributed by atoms with van der Waals surface area (Å²) in [7, 11) is -3.44. The SMILES string of the molecule is CCCCCS(=O)(=O)CC(=O)NC(C)(CC(=O)O)C(C)C. The van der Waals surface area contributed by atoms with Gasteiger partial charge in [-0.2, -0.15) is 0 Å². The van der Waals surface area contributed by atoms with Crippen LogP contribution >= 0.6 is 0 Å². The van der Waals surface area contributed by atoms with Crippen LogP contribution in [0, 0.1) is 5.92 Å². The molecular formula is C14H27NO5S. The number of unbranched alkanes of at least 4 members (excludes halogenated alkanes) is 2. The maximum absolute atomic E-state index is 11.9. The third-order valence-electron chi connectivity index (χ3n) is 3.63. The van der Waals surface area contributed by atoms with Crippen LogP contribution in [-0.2, 0) is 19.4 Å². The lowest BCUT2D eigenvalue weighted by atomic mass is 9.85. The smallest absolute Gasteiger partial charge is 0.305 e. The summed E-state index contributed by atoms with van der Waals surface area (Å²) in [5.74, 6) is -2.38. The van der Waals surface area contributed by atoms with E-state index in [0.29, 0.717) is 6.42 Å². The molecule has 0 heterocycles. The highest BCUT2D eigenvalue weighted by atomic mass is 32.2. The standard InChI is InChI=1S/C14H27NO5S/c1-5-6-7-8-21(19,20)10-12(16)15-14(4,11(2)3)9-13(17)18/h11H,5-10H2,1-4H3,(H,15,16)(H,17,18). The number of aliphatic carboxylic acids is 1. The van der Waals surface area contributed by atoms with Gasteiger partial charge in [0.2, 0.25) is 5.91 Å². The lowest BCUT2D eigenvalue weighted by Gasteiger charge is -2.33. The first-order valence-corrected chi connectivity index (χ1v) is 9.08. The third-order valence-corrected chi connectivity index (χ3v) is 5.24. The van der Waals surface area contributed by atoms with Gasteiger partial charge in [-0.05, 0) is 19.3 Å². The fourth-order valence-electron chi connectivity index (χ4n) is 1.91. The highest BCUT2D eigenvalue weighted by Crippen LogP contribution is 2.20. The van der Waals surface area contributed by atoms with Gasteiger partial charge in [-0.3, -0.25) is 9.59 Å². The predicted octanol–water partition coefficient (Wildman–Crippen LogP) is 1.60. The second-order valence-electron chi connectivity index (χ2n) is 5.99. The molecule has 1 amide bonds. The van der Waals surface area contributed by atoms with Crippen molar-refractivity contribution < 1.29 is 23.1 Å². The largest absolute Gasteiger partial charge is 0.481 e. The van der Waals surface area contributed by atoms with Crippen LogP contribution in [0.25, 0.3) is 0 Å². The van der Waals surface area contributed by atoms with E-state index in [2.05, 4.69) is 5.32 Å². The summed E-state index contributed by atoms with van der Waals surface area (Å²) < 4.78 is 23.6. The molecule has 0 rings (SSSR count). The fraction of sp³-hybridized carbons (Fsp3) is 0.857. The fourth-order valence-corrected chi connectivity index (χ4v) is 3.17. The molecule has 6 nitrogen and oxygen atoms in total. The molecule has 0 saturated carbocycles. The minimum Gasteiger partial charge on any atom is -0.481 e. The third kappa shape index (κ3) is 8.04. The van der Waals surface area contributed by atoms with Gasteiger partial charge in [-0.25, -0.2) is 8.42 Å². The Labute approximate surface area is 127 Å². The lowest BCUT2D eigenvalue weighted by molar-refractivity contribution is -0.139. The summed E-state index contributed by atoms with van der Waals surface area (Å²) in [6.07, 6.45) is 2.02. The molecule has 0 spiro atoms. The van der Waals surface area contributed by atoms with Gasteiger partial charge in [-0.15, -0.1) is 0 Å². The molecule has 124 valence electrons. The maximum Gasteiger partial charge on any atom is 0.305 e. The molecule has 0 aromatic rings. The topological polar surface area (TPSA) is 101 Å². The Hall–Kier alpha value is -1.11. The molecule has 7 heteroatoms. The van der Waals surface area contributed by atoms with Crippen LogP contribution in [0.1, 0.15) is 53.4 Å². The average Bonchev–Trinajstić information content (AvgIpc) is 2.26. The predicted molar refractivity (Wildman–Crippen MR) is 81.8 cm³/mol. The molecular weight excluding hydrogens is 294 g/mol. The van der Waals surface area contributed by atoms with Crippen LogP contribution in [0.2, 0.25) is 0 Å². The van der Waals surface area contributed by atoms with Crippen molar-refractivity contribution in [3.05, 3.63) is 0 Å². The molecule has 0 aliphatic rings. The summed E-state index contributed by atoms with van der Waals surface area (Å²) in [6.45, 7) is 7.17. The molecule has 0 fully saturated rings. The number of nitrogens with one attached hydrogen (secondary N) is 1. The van der Waals surface area contributed by atoms with E-state index in [1.165, 1.54) is 0 Å². The van der Waals surface area contributed by atoms with Gasteiger partial charge >= 0.3 is 5.97 Å². The molecule has 2 N–H and O–H groups in total. The summed E-state index contributed by atoms with van der Waals surface area (Å²) in [5.41, 5.74) is -0.956. The van der Waals surface area contributed by atoms with Crippen molar-refractivity contribution >= 4 is 21.7 Å². The summed E-state index contributed by atoms with van der Waals surface area (Å²) in [5, 5.41) is 11.5. The Morgan fingerprint density at radius 2 is 1.81 bits per heavy atom. The van der Waals surface area contributed by atoms with Crippen molar-refractivity contribution in [3.8, 4) is 0 Å². The van der Waals surface area contributed by atoms with E-state index in [1.807, 2.05) is 6.92 Å². The monoisotopic (exact) mass is 321 g/mol. The van der Waals surface area contributed by atoms with E-state index < -0.39 is 33.0 Å². The van der Waals surface area contributed by atoms with Gasteiger partial charge in [0.1, 0.15) is 5.75 Å². The van der Waals surface area contributed by atoms with Crippen LogP contribution in [-0.4, -0.2) is 42.4 Å². The normalized spacial score (nSPS) is 14.7. The van der Waals surface area contributed by atoms with E-state index >= 15 is 0 Å². The van der Waals surface area contributed by atoms with E-state index in [0.717, 1.165) is 12.8 Å². The first-order chi connectivity index (χ1) is 9.52. The molecule has 0 radical (unpaired) electrons. The second kappa shape index (κ2) is 8.36. The Morgan fingerprint density at radius 1 is 1.24 bits per heavy atom. The summed E-state index contributed by atoms with van der Waals surface area (Å²) in [6, 6.07) is 0. The minimum atomic E-state index is -3.44. The molecule has 0 aliphatic heterocycles. The van der Waals surface area contributed by atoms with E-state index in [-0.39, 0.29) is 18.1 Å². The lowest BCUT2D eigenvalue weighted by Crippen LogP contribution is -2.52. The number of sulfone groups is 1. The molecule has 0 aromatic carbocycles. The van der Waals surface area contributed by atoms with Crippen LogP contribution in [0.4, 0.5) is 0 Å². The quantitative estimate of drug-likeness (QED) is 0.595. The van der Waals surface area contributed by atoms with Crippen LogP contribution in [0.3, 0.4) is 0 Å². The Morgan fingerprint density at radius 3 is 2.24 bits per heavy atom. The highest BCUT2D eigenvalue weighted by Gasteiger charge is 2.33. The van der Waals surface area contributed by atoms with Crippen molar-refractivity contribution in [2.75, 3.05) is 11.5 Å². The zero-order valence-corrected chi connectivity index (χ0v) is 14.1. The van der Waals surface area contributed by atoms with Crippen molar-refractivity contribution in [1.82, 2.24) is 5.32 Å². The van der Waals surface area contributed by atoms with Crippen LogP contribution in [0.15, 0.2) is 0 Å². The van der Waals surface area contributed by atoms with Gasteiger partial charge in [-0.1, -0.05) is 33.6 Å². The van der Waals surface area contributed by atoms with E-state index in [9.17, 15) is 18.0 Å². The highest BCUT2D eigenvalue weighted by molar-refractivity contribution is 7.92. The van der Waals surface area contributed by atoms with Gasteiger partial charge < -0.3 is 10.4 Å². The Bertz CT molecular complexity index is 458. The number of hydrogen-bond acceptors (Lipinski definition) is 4. The molecule has 21 heavy (non-hydrogen) atoms. The van der Waals surface area contributed by atoms with Crippen molar-refractivity contribution in [1.29, 1.82) is 0 Å². The molecule has 0 aliphatic carbocycles. The first-order valence-electron chi connectivity index (χ1n) is 7.25. The summed E-state index contributed by atoms with van der Waals surface area (Å²) in [4.78, 5) is 22.8. The zero-order chi connectivity index (χ0) is 16.7. The van der Waals surface area contributed by atoms with Crippen molar-refractivity contribution in [2.24, 2.45) is 5.92 Å². The van der Waals surface area contributed by atoms with Crippen LogP contribution < -0.4 is 5.32 Å². The second-order valence-corrected chi connectivity index (χ2v) is 8.17. The van der Waals surface area contributed by atoms with E-state index in [1.54, 1.807) is 20.8 Å². The molecule has 1 atom stereocenters. The zero-order valence-electron chi connectivity index (χ0n) is 13.3. The molecule has 0 aromatic heterocycles. The molecule has 0 bridgehead atoms. The van der Waals surface area contributed by atoms with Gasteiger partial charge in [0, 0.05) is 5.54 Å².